The average molecular weight is 548 g/mol. The van der Waals surface area contributed by atoms with E-state index in [1.807, 2.05) is 91.0 Å². The van der Waals surface area contributed by atoms with E-state index in [1.165, 1.54) is 20.8 Å². The van der Waals surface area contributed by atoms with Crippen LogP contribution in [-0.2, 0) is 38.9 Å². The van der Waals surface area contributed by atoms with Crippen LogP contribution in [0.4, 0.5) is 0 Å². The lowest BCUT2D eigenvalue weighted by Gasteiger charge is -2.44. The van der Waals surface area contributed by atoms with Gasteiger partial charge in [-0.25, -0.2) is 0 Å². The van der Waals surface area contributed by atoms with Gasteiger partial charge in [-0.2, -0.15) is 0 Å². The van der Waals surface area contributed by atoms with Gasteiger partial charge in [-0.3, -0.25) is 14.4 Å². The van der Waals surface area contributed by atoms with Crippen molar-refractivity contribution in [3.63, 3.8) is 0 Å². The van der Waals surface area contributed by atoms with Crippen molar-refractivity contribution in [2.75, 3.05) is 6.61 Å². The van der Waals surface area contributed by atoms with Crippen molar-refractivity contribution in [3.05, 3.63) is 108 Å². The molecule has 1 saturated heterocycles. The Morgan fingerprint density at radius 2 is 1.23 bits per heavy atom. The first kappa shape index (κ1) is 28.9. The Morgan fingerprint density at radius 3 is 1.62 bits per heavy atom. The zero-order valence-corrected chi connectivity index (χ0v) is 22.6. The van der Waals surface area contributed by atoms with Crippen LogP contribution >= 0.6 is 0 Å². The van der Waals surface area contributed by atoms with Crippen molar-refractivity contribution < 1.29 is 38.4 Å². The first-order valence-corrected chi connectivity index (χ1v) is 13.0. The van der Waals surface area contributed by atoms with Crippen LogP contribution in [0.2, 0.25) is 0 Å². The second-order valence-corrected chi connectivity index (χ2v) is 9.53. The van der Waals surface area contributed by atoms with Gasteiger partial charge in [-0.05, 0) is 16.7 Å². The maximum absolute atomic E-state index is 12.0. The molecular formula is C31H33NO8. The normalized spacial score (nSPS) is 22.6. The number of hydrogen-bond donors (Lipinski definition) is 2. The predicted octanol–water partition coefficient (Wildman–Crippen LogP) is 3.08. The van der Waals surface area contributed by atoms with Crippen LogP contribution in [0, 0.1) is 0 Å². The number of nitrogens with one attached hydrogen (secondary N) is 1. The standard InChI is InChI=1S/C31H33NO8/c1-20(33)32-27-29(38-21(2)34)28(36)26(40-30(27)39-22(3)35)19-37-31(23-13-7-4-8-14-23,24-15-9-5-10-16-24)25-17-11-6-12-18-25/h4-18,26-30,36H,19H2,1-3H3,(H,32,33)/t26-,27+,28+,29+,30-/m0/s1. The summed E-state index contributed by atoms with van der Waals surface area (Å²) in [5, 5.41) is 13.9. The molecule has 1 amide bonds. The van der Waals surface area contributed by atoms with Crippen molar-refractivity contribution >= 4 is 17.8 Å². The van der Waals surface area contributed by atoms with Gasteiger partial charge in [-0.15, -0.1) is 0 Å². The van der Waals surface area contributed by atoms with Gasteiger partial charge in [0, 0.05) is 20.8 Å². The lowest BCUT2D eigenvalue weighted by atomic mass is 9.80. The molecule has 9 heteroatoms. The molecule has 1 fully saturated rings. The number of carbonyl (C=O) groups excluding carboxylic acids is 3. The quantitative estimate of drug-likeness (QED) is 0.310. The van der Waals surface area contributed by atoms with Gasteiger partial charge >= 0.3 is 11.9 Å². The minimum absolute atomic E-state index is 0.192. The smallest absolute Gasteiger partial charge is 0.305 e. The molecule has 9 nitrogen and oxygen atoms in total. The molecule has 1 heterocycles. The number of aliphatic hydroxyl groups is 1. The molecule has 0 spiro atoms. The molecule has 0 radical (unpaired) electrons. The predicted molar refractivity (Wildman–Crippen MR) is 145 cm³/mol. The lowest BCUT2D eigenvalue weighted by Crippen LogP contribution is -2.66. The van der Waals surface area contributed by atoms with Crippen LogP contribution in [0.15, 0.2) is 91.0 Å². The van der Waals surface area contributed by atoms with Crippen LogP contribution in [0.5, 0.6) is 0 Å². The Balaban J connectivity index is 1.76. The van der Waals surface area contributed by atoms with Gasteiger partial charge in [-0.1, -0.05) is 91.0 Å². The van der Waals surface area contributed by atoms with E-state index in [0.29, 0.717) is 0 Å². The summed E-state index contributed by atoms with van der Waals surface area (Å²) in [6.07, 6.45) is -5.14. The number of ether oxygens (including phenoxy) is 4. The second kappa shape index (κ2) is 12.9. The summed E-state index contributed by atoms with van der Waals surface area (Å²) in [5.74, 6) is -1.85. The molecule has 0 aromatic heterocycles. The molecule has 0 saturated carbocycles. The molecule has 0 bridgehead atoms. The molecule has 3 aromatic carbocycles. The van der Waals surface area contributed by atoms with E-state index in [-0.39, 0.29) is 6.61 Å². The average Bonchev–Trinajstić information content (AvgIpc) is 2.94. The van der Waals surface area contributed by atoms with Crippen molar-refractivity contribution in [2.45, 2.75) is 57.0 Å². The van der Waals surface area contributed by atoms with E-state index >= 15 is 0 Å². The highest BCUT2D eigenvalue weighted by molar-refractivity contribution is 5.74. The molecule has 1 aliphatic heterocycles. The Hall–Kier alpha value is -4.05. The van der Waals surface area contributed by atoms with Crippen LogP contribution in [0.1, 0.15) is 37.5 Å². The Labute approximate surface area is 233 Å². The van der Waals surface area contributed by atoms with Crippen LogP contribution < -0.4 is 5.32 Å². The zero-order valence-electron chi connectivity index (χ0n) is 22.6. The summed E-state index contributed by atoms with van der Waals surface area (Å²) in [6.45, 7) is 3.44. The van der Waals surface area contributed by atoms with Crippen LogP contribution in [-0.4, -0.2) is 60.2 Å². The maximum atomic E-state index is 12.0. The highest BCUT2D eigenvalue weighted by atomic mass is 16.7. The number of rotatable bonds is 9. The number of amides is 1. The first-order valence-electron chi connectivity index (χ1n) is 13.0. The SMILES string of the molecule is CC(=O)N[C@H]1[C@@H](OC(C)=O)O[C@@H](COC(c2ccccc2)(c2ccccc2)c2ccccc2)[C@@H](O)[C@@H]1OC(C)=O. The fourth-order valence-corrected chi connectivity index (χ4v) is 5.01. The monoisotopic (exact) mass is 547 g/mol. The molecule has 3 aromatic rings. The largest absolute Gasteiger partial charge is 0.457 e. The van der Waals surface area contributed by atoms with Gasteiger partial charge < -0.3 is 29.4 Å². The molecule has 2 N–H and O–H groups in total. The van der Waals surface area contributed by atoms with E-state index in [4.69, 9.17) is 18.9 Å². The highest BCUT2D eigenvalue weighted by Gasteiger charge is 2.50. The van der Waals surface area contributed by atoms with Crippen molar-refractivity contribution in [1.82, 2.24) is 5.32 Å². The summed E-state index contributed by atoms with van der Waals surface area (Å²) in [4.78, 5) is 35.8. The minimum Gasteiger partial charge on any atom is -0.457 e. The minimum atomic E-state index is -1.42. The molecular weight excluding hydrogens is 514 g/mol. The molecule has 0 unspecified atom stereocenters. The van der Waals surface area contributed by atoms with Gasteiger partial charge in [0.1, 0.15) is 23.9 Å². The fourth-order valence-electron chi connectivity index (χ4n) is 5.01. The molecule has 5 atom stereocenters. The van der Waals surface area contributed by atoms with Crippen molar-refractivity contribution in [3.8, 4) is 0 Å². The van der Waals surface area contributed by atoms with Crippen LogP contribution in [0.3, 0.4) is 0 Å². The number of esters is 2. The third-order valence-electron chi connectivity index (χ3n) is 6.63. The van der Waals surface area contributed by atoms with E-state index in [0.717, 1.165) is 16.7 Å². The van der Waals surface area contributed by atoms with Crippen molar-refractivity contribution in [1.29, 1.82) is 0 Å². The van der Waals surface area contributed by atoms with Gasteiger partial charge in [0.2, 0.25) is 12.2 Å². The summed E-state index contributed by atoms with van der Waals surface area (Å²) < 4.78 is 23.5. The Morgan fingerprint density at radius 1 is 0.775 bits per heavy atom. The molecule has 210 valence electrons. The zero-order chi connectivity index (χ0) is 28.7. The topological polar surface area (TPSA) is 120 Å². The van der Waals surface area contributed by atoms with E-state index in [1.54, 1.807) is 0 Å². The number of carbonyl (C=O) groups is 3. The van der Waals surface area contributed by atoms with Gasteiger partial charge in [0.25, 0.3) is 0 Å². The third kappa shape index (κ3) is 6.39. The highest BCUT2D eigenvalue weighted by Crippen LogP contribution is 2.41. The number of aliphatic hydroxyl groups excluding tert-OH is 1. The van der Waals surface area contributed by atoms with Crippen LogP contribution in [0.25, 0.3) is 0 Å². The summed E-state index contributed by atoms with van der Waals surface area (Å²) in [6, 6.07) is 27.8. The first-order chi connectivity index (χ1) is 19.2. The fraction of sp³-hybridized carbons (Fsp3) is 0.323. The summed E-state index contributed by atoms with van der Waals surface area (Å²) in [7, 11) is 0. The summed E-state index contributed by atoms with van der Waals surface area (Å²) >= 11 is 0. The van der Waals surface area contributed by atoms with Gasteiger partial charge in [0.05, 0.1) is 6.61 Å². The van der Waals surface area contributed by atoms with Gasteiger partial charge in [0.15, 0.2) is 6.10 Å². The molecule has 4 rings (SSSR count). The summed E-state index contributed by atoms with van der Waals surface area (Å²) in [5.41, 5.74) is 1.39. The van der Waals surface area contributed by atoms with E-state index in [9.17, 15) is 19.5 Å². The maximum Gasteiger partial charge on any atom is 0.305 e. The van der Waals surface area contributed by atoms with Crippen molar-refractivity contribution in [2.24, 2.45) is 0 Å². The number of hydrogen-bond acceptors (Lipinski definition) is 8. The Bertz CT molecular complexity index is 1190. The third-order valence-corrected chi connectivity index (χ3v) is 6.63. The van der Waals surface area contributed by atoms with E-state index in [2.05, 4.69) is 5.32 Å². The molecule has 0 aliphatic carbocycles. The molecule has 40 heavy (non-hydrogen) atoms. The lowest BCUT2D eigenvalue weighted by molar-refractivity contribution is -0.271. The second-order valence-electron chi connectivity index (χ2n) is 9.53. The van der Waals surface area contributed by atoms with E-state index < -0.39 is 54.1 Å². The number of benzene rings is 3. The Kier molecular flexibility index (Phi) is 9.31. The molecule has 1 aliphatic rings.